The summed E-state index contributed by atoms with van der Waals surface area (Å²) in [6, 6.07) is 0.324. The third kappa shape index (κ3) is 4.30. The molecule has 1 aliphatic carbocycles. The van der Waals surface area contributed by atoms with E-state index in [4.69, 9.17) is 5.73 Å². The van der Waals surface area contributed by atoms with E-state index in [1.807, 2.05) is 6.92 Å². The van der Waals surface area contributed by atoms with Crippen LogP contribution in [0.25, 0.3) is 0 Å². The summed E-state index contributed by atoms with van der Waals surface area (Å²) in [4.78, 5) is 12.1. The highest BCUT2D eigenvalue weighted by Crippen LogP contribution is 2.23. The number of carbonyl (C=O) groups is 1. The molecule has 0 aromatic heterocycles. The molecule has 0 bridgehead atoms. The van der Waals surface area contributed by atoms with Crippen molar-refractivity contribution in [3.05, 3.63) is 0 Å². The number of rotatable bonds is 4. The topological polar surface area (TPSA) is 55.1 Å². The van der Waals surface area contributed by atoms with Crippen LogP contribution in [0.15, 0.2) is 0 Å². The zero-order valence-electron chi connectivity index (χ0n) is 11.6. The van der Waals surface area contributed by atoms with Gasteiger partial charge in [-0.2, -0.15) is 0 Å². The molecule has 3 atom stereocenters. The monoisotopic (exact) mass is 240 g/mol. The van der Waals surface area contributed by atoms with Gasteiger partial charge in [-0.1, -0.05) is 39.5 Å². The third-order valence-electron chi connectivity index (χ3n) is 3.97. The number of nitrogens with two attached hydrogens (primary N) is 1. The molecule has 3 unspecified atom stereocenters. The molecule has 3 N–H and O–H groups in total. The molecular weight excluding hydrogens is 212 g/mol. The zero-order chi connectivity index (χ0) is 12.9. The fourth-order valence-corrected chi connectivity index (χ4v) is 2.67. The van der Waals surface area contributed by atoms with Crippen molar-refractivity contribution in [3.63, 3.8) is 0 Å². The van der Waals surface area contributed by atoms with Crippen molar-refractivity contribution < 1.29 is 4.79 Å². The zero-order valence-corrected chi connectivity index (χ0v) is 11.6. The van der Waals surface area contributed by atoms with Crippen LogP contribution < -0.4 is 11.1 Å². The molecule has 0 radical (unpaired) electrons. The molecule has 0 aliphatic heterocycles. The van der Waals surface area contributed by atoms with Gasteiger partial charge in [0.25, 0.3) is 0 Å². The van der Waals surface area contributed by atoms with E-state index in [-0.39, 0.29) is 5.91 Å². The minimum absolute atomic E-state index is 0.0260. The van der Waals surface area contributed by atoms with Crippen LogP contribution >= 0.6 is 0 Å². The predicted octanol–water partition coefficient (Wildman–Crippen LogP) is 2.59. The van der Waals surface area contributed by atoms with Gasteiger partial charge in [-0.15, -0.1) is 0 Å². The van der Waals surface area contributed by atoms with Crippen molar-refractivity contribution in [1.82, 2.24) is 5.32 Å². The summed E-state index contributed by atoms with van der Waals surface area (Å²) in [5.41, 5.74) is 5.35. The maximum absolute atomic E-state index is 12.1. The molecule has 17 heavy (non-hydrogen) atoms. The van der Waals surface area contributed by atoms with Gasteiger partial charge in [0.2, 0.25) is 5.91 Å². The second kappa shape index (κ2) is 6.39. The summed E-state index contributed by atoms with van der Waals surface area (Å²) in [5, 5.41) is 3.17. The SMILES string of the molecule is CCCC(C)(N)C(=O)NC1CCCCCC1C. The van der Waals surface area contributed by atoms with Crippen molar-refractivity contribution >= 4 is 5.91 Å². The Labute approximate surface area is 106 Å². The third-order valence-corrected chi connectivity index (χ3v) is 3.97. The smallest absolute Gasteiger partial charge is 0.240 e. The highest BCUT2D eigenvalue weighted by atomic mass is 16.2. The molecule has 0 aromatic rings. The van der Waals surface area contributed by atoms with E-state index in [0.717, 1.165) is 19.3 Å². The maximum Gasteiger partial charge on any atom is 0.240 e. The van der Waals surface area contributed by atoms with Gasteiger partial charge < -0.3 is 11.1 Å². The minimum Gasteiger partial charge on any atom is -0.352 e. The lowest BCUT2D eigenvalue weighted by Crippen LogP contribution is -2.55. The number of nitrogens with one attached hydrogen (secondary N) is 1. The molecule has 1 rings (SSSR count). The fourth-order valence-electron chi connectivity index (χ4n) is 2.67. The molecule has 1 aliphatic rings. The van der Waals surface area contributed by atoms with Crippen LogP contribution in [-0.2, 0) is 4.79 Å². The lowest BCUT2D eigenvalue weighted by molar-refractivity contribution is -0.127. The van der Waals surface area contributed by atoms with Gasteiger partial charge in [0.05, 0.1) is 5.54 Å². The maximum atomic E-state index is 12.1. The van der Waals surface area contributed by atoms with Gasteiger partial charge in [0, 0.05) is 6.04 Å². The van der Waals surface area contributed by atoms with E-state index in [0.29, 0.717) is 12.0 Å². The molecule has 1 saturated carbocycles. The van der Waals surface area contributed by atoms with Crippen molar-refractivity contribution in [2.45, 2.75) is 77.3 Å². The van der Waals surface area contributed by atoms with E-state index < -0.39 is 5.54 Å². The van der Waals surface area contributed by atoms with Crippen LogP contribution in [0, 0.1) is 5.92 Å². The normalized spacial score (nSPS) is 29.2. The summed E-state index contributed by atoms with van der Waals surface area (Å²) < 4.78 is 0. The van der Waals surface area contributed by atoms with Gasteiger partial charge in [0.1, 0.15) is 0 Å². The molecule has 0 spiro atoms. The van der Waals surface area contributed by atoms with E-state index in [1.165, 1.54) is 25.7 Å². The summed E-state index contributed by atoms with van der Waals surface area (Å²) in [6.07, 6.45) is 7.84. The van der Waals surface area contributed by atoms with Gasteiger partial charge in [-0.05, 0) is 32.1 Å². The molecule has 0 aromatic carbocycles. The van der Waals surface area contributed by atoms with E-state index in [1.54, 1.807) is 0 Å². The lowest BCUT2D eigenvalue weighted by atomic mass is 9.93. The first-order chi connectivity index (χ1) is 7.97. The second-order valence-corrected chi connectivity index (χ2v) is 5.86. The highest BCUT2D eigenvalue weighted by molar-refractivity contribution is 5.85. The van der Waals surface area contributed by atoms with Crippen molar-refractivity contribution in [2.24, 2.45) is 11.7 Å². The largest absolute Gasteiger partial charge is 0.352 e. The summed E-state index contributed by atoms with van der Waals surface area (Å²) >= 11 is 0. The Balaban J connectivity index is 2.54. The van der Waals surface area contributed by atoms with Crippen molar-refractivity contribution in [2.75, 3.05) is 0 Å². The molecule has 1 amide bonds. The Hall–Kier alpha value is -0.570. The van der Waals surface area contributed by atoms with Gasteiger partial charge in [-0.3, -0.25) is 4.79 Å². The fraction of sp³-hybridized carbons (Fsp3) is 0.929. The Kier molecular flexibility index (Phi) is 5.44. The van der Waals surface area contributed by atoms with Crippen molar-refractivity contribution in [3.8, 4) is 0 Å². The van der Waals surface area contributed by atoms with Gasteiger partial charge >= 0.3 is 0 Å². The first-order valence-corrected chi connectivity index (χ1v) is 7.07. The minimum atomic E-state index is -0.708. The van der Waals surface area contributed by atoms with Crippen LogP contribution in [0.5, 0.6) is 0 Å². The quantitative estimate of drug-likeness (QED) is 0.742. The predicted molar refractivity (Wildman–Crippen MR) is 71.7 cm³/mol. The van der Waals surface area contributed by atoms with Crippen LogP contribution in [-0.4, -0.2) is 17.5 Å². The Morgan fingerprint density at radius 1 is 1.35 bits per heavy atom. The summed E-state index contributed by atoms with van der Waals surface area (Å²) in [7, 11) is 0. The number of hydrogen-bond acceptors (Lipinski definition) is 2. The van der Waals surface area contributed by atoms with E-state index in [9.17, 15) is 4.79 Å². The second-order valence-electron chi connectivity index (χ2n) is 5.86. The molecule has 0 heterocycles. The standard InChI is InChI=1S/C14H28N2O/c1-4-10-14(3,15)13(17)16-12-9-7-5-6-8-11(12)2/h11-12H,4-10,15H2,1-3H3,(H,16,17). The molecular formula is C14H28N2O. The van der Waals surface area contributed by atoms with E-state index in [2.05, 4.69) is 19.2 Å². The van der Waals surface area contributed by atoms with Gasteiger partial charge in [-0.25, -0.2) is 0 Å². The Morgan fingerprint density at radius 3 is 2.65 bits per heavy atom. The molecule has 100 valence electrons. The molecule has 3 nitrogen and oxygen atoms in total. The summed E-state index contributed by atoms with van der Waals surface area (Å²) in [6.45, 7) is 6.14. The first kappa shape index (κ1) is 14.5. The van der Waals surface area contributed by atoms with E-state index >= 15 is 0 Å². The number of hydrogen-bond donors (Lipinski definition) is 2. The Morgan fingerprint density at radius 2 is 2.00 bits per heavy atom. The lowest BCUT2D eigenvalue weighted by Gasteiger charge is -2.29. The highest BCUT2D eigenvalue weighted by Gasteiger charge is 2.30. The number of amides is 1. The molecule has 1 fully saturated rings. The molecule has 0 saturated heterocycles. The van der Waals surface area contributed by atoms with Crippen LogP contribution in [0.1, 0.15) is 65.7 Å². The number of carbonyl (C=O) groups excluding carboxylic acids is 1. The Bertz CT molecular complexity index is 251. The van der Waals surface area contributed by atoms with Crippen LogP contribution in [0.3, 0.4) is 0 Å². The summed E-state index contributed by atoms with van der Waals surface area (Å²) in [5.74, 6) is 0.608. The van der Waals surface area contributed by atoms with Crippen molar-refractivity contribution in [1.29, 1.82) is 0 Å². The first-order valence-electron chi connectivity index (χ1n) is 7.07. The average molecular weight is 240 g/mol. The van der Waals surface area contributed by atoms with Crippen LogP contribution in [0.4, 0.5) is 0 Å². The van der Waals surface area contributed by atoms with Crippen LogP contribution in [0.2, 0.25) is 0 Å². The molecule has 3 heteroatoms. The average Bonchev–Trinajstić information content (AvgIpc) is 2.44. The van der Waals surface area contributed by atoms with Gasteiger partial charge in [0.15, 0.2) is 0 Å².